The van der Waals surface area contributed by atoms with E-state index in [4.69, 9.17) is 4.74 Å². The summed E-state index contributed by atoms with van der Waals surface area (Å²) < 4.78 is 5.44. The molecule has 0 unspecified atom stereocenters. The highest BCUT2D eigenvalue weighted by atomic mass is 16.5. The minimum atomic E-state index is -0.290. The molecule has 2 aromatic rings. The Morgan fingerprint density at radius 1 is 1.09 bits per heavy atom. The molecule has 0 aromatic heterocycles. The van der Waals surface area contributed by atoms with Crippen molar-refractivity contribution in [2.75, 3.05) is 6.61 Å². The Bertz CT molecular complexity index is 676. The van der Waals surface area contributed by atoms with Gasteiger partial charge in [-0.25, -0.2) is 5.43 Å². The van der Waals surface area contributed by atoms with Gasteiger partial charge in [0, 0.05) is 0 Å². The molecule has 0 atom stereocenters. The van der Waals surface area contributed by atoms with Crippen LogP contribution >= 0.6 is 0 Å². The molecule has 0 radical (unpaired) electrons. The van der Waals surface area contributed by atoms with Crippen molar-refractivity contribution in [3.05, 3.63) is 64.7 Å². The molecule has 2 rings (SSSR count). The highest BCUT2D eigenvalue weighted by molar-refractivity contribution is 5.82. The van der Waals surface area contributed by atoms with E-state index in [2.05, 4.69) is 10.5 Å². The Hall–Kier alpha value is -2.62. The first-order chi connectivity index (χ1) is 10.5. The molecule has 0 fully saturated rings. The Balaban J connectivity index is 1.80. The van der Waals surface area contributed by atoms with Gasteiger partial charge in [0.15, 0.2) is 6.61 Å². The third-order valence-electron chi connectivity index (χ3n) is 3.33. The summed E-state index contributed by atoms with van der Waals surface area (Å²) in [5, 5.41) is 3.91. The summed E-state index contributed by atoms with van der Waals surface area (Å²) in [7, 11) is 0. The molecule has 0 aliphatic rings. The zero-order chi connectivity index (χ0) is 15.9. The number of carbonyl (C=O) groups excluding carboxylic acids is 1. The molecular weight excluding hydrogens is 276 g/mol. The molecule has 0 saturated carbocycles. The van der Waals surface area contributed by atoms with E-state index in [1.807, 2.05) is 63.2 Å². The van der Waals surface area contributed by atoms with Crippen LogP contribution in [0.3, 0.4) is 0 Å². The Morgan fingerprint density at radius 2 is 1.82 bits per heavy atom. The molecular formula is C18H20N2O2. The average molecular weight is 296 g/mol. The fraction of sp³-hybridized carbons (Fsp3) is 0.222. The Morgan fingerprint density at radius 3 is 2.50 bits per heavy atom. The molecule has 114 valence electrons. The predicted molar refractivity (Wildman–Crippen MR) is 88.3 cm³/mol. The minimum absolute atomic E-state index is 0.0618. The van der Waals surface area contributed by atoms with E-state index in [9.17, 15) is 4.79 Å². The van der Waals surface area contributed by atoms with Crippen molar-refractivity contribution in [3.63, 3.8) is 0 Å². The number of nitrogens with one attached hydrogen (secondary N) is 1. The van der Waals surface area contributed by atoms with Gasteiger partial charge < -0.3 is 4.74 Å². The average Bonchev–Trinajstić information content (AvgIpc) is 2.50. The topological polar surface area (TPSA) is 50.7 Å². The molecule has 4 nitrogen and oxygen atoms in total. The maximum atomic E-state index is 11.7. The fourth-order valence-electron chi connectivity index (χ4n) is 1.82. The van der Waals surface area contributed by atoms with Gasteiger partial charge in [0.1, 0.15) is 5.75 Å². The molecule has 1 amide bonds. The lowest BCUT2D eigenvalue weighted by Crippen LogP contribution is -2.24. The zero-order valence-electron chi connectivity index (χ0n) is 13.1. The van der Waals surface area contributed by atoms with Gasteiger partial charge in [0.2, 0.25) is 0 Å². The monoisotopic (exact) mass is 296 g/mol. The van der Waals surface area contributed by atoms with Gasteiger partial charge in [-0.3, -0.25) is 4.79 Å². The van der Waals surface area contributed by atoms with Crippen LogP contribution in [-0.4, -0.2) is 18.7 Å². The van der Waals surface area contributed by atoms with Gasteiger partial charge in [-0.15, -0.1) is 0 Å². The van der Waals surface area contributed by atoms with Crippen molar-refractivity contribution in [1.82, 2.24) is 5.43 Å². The van der Waals surface area contributed by atoms with Crippen LogP contribution in [0.25, 0.3) is 0 Å². The van der Waals surface area contributed by atoms with Crippen LogP contribution in [0.5, 0.6) is 5.75 Å². The van der Waals surface area contributed by atoms with E-state index >= 15 is 0 Å². The van der Waals surface area contributed by atoms with Gasteiger partial charge in [0.25, 0.3) is 5.91 Å². The lowest BCUT2D eigenvalue weighted by atomic mass is 10.1. The fourth-order valence-corrected chi connectivity index (χ4v) is 1.82. The number of ether oxygens (including phenoxy) is 1. The van der Waals surface area contributed by atoms with Gasteiger partial charge in [-0.2, -0.15) is 5.10 Å². The first-order valence-corrected chi connectivity index (χ1v) is 7.13. The van der Waals surface area contributed by atoms with Crippen molar-refractivity contribution in [3.8, 4) is 5.75 Å². The van der Waals surface area contributed by atoms with Crippen LogP contribution in [0.2, 0.25) is 0 Å². The molecule has 0 bridgehead atoms. The van der Waals surface area contributed by atoms with Crippen LogP contribution in [-0.2, 0) is 4.79 Å². The number of nitrogens with zero attached hydrogens (tertiary/aromatic N) is 1. The van der Waals surface area contributed by atoms with E-state index in [-0.39, 0.29) is 12.5 Å². The maximum absolute atomic E-state index is 11.7. The van der Waals surface area contributed by atoms with Crippen LogP contribution in [0.1, 0.15) is 22.3 Å². The molecule has 0 saturated heterocycles. The molecule has 4 heteroatoms. The lowest BCUT2D eigenvalue weighted by Gasteiger charge is -2.07. The van der Waals surface area contributed by atoms with Crippen molar-refractivity contribution in [1.29, 1.82) is 0 Å². The minimum Gasteiger partial charge on any atom is -0.484 e. The first kappa shape index (κ1) is 15.8. The molecule has 0 heterocycles. The lowest BCUT2D eigenvalue weighted by molar-refractivity contribution is -0.123. The Kier molecular flexibility index (Phi) is 5.31. The van der Waals surface area contributed by atoms with Crippen LogP contribution in [0, 0.1) is 20.8 Å². The summed E-state index contributed by atoms with van der Waals surface area (Å²) in [5.41, 5.74) is 6.89. The molecule has 2 aromatic carbocycles. The van der Waals surface area contributed by atoms with Crippen molar-refractivity contribution >= 4 is 12.1 Å². The molecule has 22 heavy (non-hydrogen) atoms. The summed E-state index contributed by atoms with van der Waals surface area (Å²) in [6.45, 7) is 6.00. The number of hydrazone groups is 1. The van der Waals surface area contributed by atoms with Crippen molar-refractivity contribution in [2.24, 2.45) is 5.10 Å². The third kappa shape index (κ3) is 4.74. The molecule has 1 N–H and O–H groups in total. The summed E-state index contributed by atoms with van der Waals surface area (Å²) in [5.74, 6) is 0.391. The third-order valence-corrected chi connectivity index (χ3v) is 3.33. The number of benzene rings is 2. The number of aryl methyl sites for hydroxylation is 3. The van der Waals surface area contributed by atoms with E-state index in [1.165, 1.54) is 11.1 Å². The summed E-state index contributed by atoms with van der Waals surface area (Å²) >= 11 is 0. The molecule has 0 aliphatic carbocycles. The maximum Gasteiger partial charge on any atom is 0.277 e. The standard InChI is InChI=1S/C18H20N2O2/c1-13-4-7-16(8-5-13)11-19-20-18(21)12-22-17-9-6-14(2)15(3)10-17/h4-11H,12H2,1-3H3,(H,20,21). The van der Waals surface area contributed by atoms with Crippen molar-refractivity contribution in [2.45, 2.75) is 20.8 Å². The Labute approximate surface area is 130 Å². The summed E-state index contributed by atoms with van der Waals surface area (Å²) in [6.07, 6.45) is 1.60. The number of rotatable bonds is 5. The van der Waals surface area contributed by atoms with Crippen LogP contribution < -0.4 is 10.2 Å². The second-order valence-electron chi connectivity index (χ2n) is 5.24. The number of amides is 1. The zero-order valence-corrected chi connectivity index (χ0v) is 13.1. The van der Waals surface area contributed by atoms with Gasteiger partial charge in [0.05, 0.1) is 6.21 Å². The highest BCUT2D eigenvalue weighted by Gasteiger charge is 2.02. The number of carbonyl (C=O) groups is 1. The van der Waals surface area contributed by atoms with Gasteiger partial charge >= 0.3 is 0 Å². The SMILES string of the molecule is Cc1ccc(C=NNC(=O)COc2ccc(C)c(C)c2)cc1. The van der Waals surface area contributed by atoms with Crippen LogP contribution in [0.15, 0.2) is 47.6 Å². The molecule has 0 spiro atoms. The van der Waals surface area contributed by atoms with Crippen molar-refractivity contribution < 1.29 is 9.53 Å². The van der Waals surface area contributed by atoms with E-state index in [0.29, 0.717) is 5.75 Å². The number of hydrogen-bond acceptors (Lipinski definition) is 3. The number of hydrogen-bond donors (Lipinski definition) is 1. The second-order valence-corrected chi connectivity index (χ2v) is 5.24. The van der Waals surface area contributed by atoms with Crippen LogP contribution in [0.4, 0.5) is 0 Å². The summed E-state index contributed by atoms with van der Waals surface area (Å²) in [6, 6.07) is 13.6. The second kappa shape index (κ2) is 7.41. The predicted octanol–water partition coefficient (Wildman–Crippen LogP) is 3.14. The van der Waals surface area contributed by atoms with Gasteiger partial charge in [-0.05, 0) is 49.6 Å². The van der Waals surface area contributed by atoms with Gasteiger partial charge in [-0.1, -0.05) is 35.9 Å². The summed E-state index contributed by atoms with van der Waals surface area (Å²) in [4.78, 5) is 11.7. The smallest absolute Gasteiger partial charge is 0.277 e. The van der Waals surface area contributed by atoms with E-state index in [1.54, 1.807) is 6.21 Å². The largest absolute Gasteiger partial charge is 0.484 e. The normalized spacial score (nSPS) is 10.7. The van der Waals surface area contributed by atoms with E-state index in [0.717, 1.165) is 11.1 Å². The quantitative estimate of drug-likeness (QED) is 0.680. The first-order valence-electron chi connectivity index (χ1n) is 7.13. The highest BCUT2D eigenvalue weighted by Crippen LogP contribution is 2.16. The molecule has 0 aliphatic heterocycles. The van der Waals surface area contributed by atoms with E-state index < -0.39 is 0 Å².